The van der Waals surface area contributed by atoms with Crippen LogP contribution in [0.4, 0.5) is 5.13 Å². The Kier molecular flexibility index (Phi) is 3.29. The lowest BCUT2D eigenvalue weighted by Crippen LogP contribution is -2.30. The van der Waals surface area contributed by atoms with Gasteiger partial charge in [0.25, 0.3) is 0 Å². The van der Waals surface area contributed by atoms with Crippen molar-refractivity contribution >= 4 is 16.7 Å². The van der Waals surface area contributed by atoms with Crippen molar-refractivity contribution in [1.82, 2.24) is 9.36 Å². The van der Waals surface area contributed by atoms with E-state index >= 15 is 0 Å². The molecule has 0 spiro atoms. The number of rotatable bonds is 4. The molecule has 1 aromatic rings. The Morgan fingerprint density at radius 2 is 2.18 bits per heavy atom. The molecule has 0 saturated heterocycles. The van der Waals surface area contributed by atoms with Crippen LogP contribution in [-0.2, 0) is 4.74 Å². The second kappa shape index (κ2) is 4.90. The molecular weight excluding hydrogens is 234 g/mol. The van der Waals surface area contributed by atoms with E-state index in [1.165, 1.54) is 43.6 Å². The zero-order valence-corrected chi connectivity index (χ0v) is 11.0. The second-order valence-electron chi connectivity index (χ2n) is 5.10. The van der Waals surface area contributed by atoms with Crippen LogP contribution in [0.5, 0.6) is 0 Å². The van der Waals surface area contributed by atoms with Gasteiger partial charge in [0, 0.05) is 30.6 Å². The number of hydrogen-bond acceptors (Lipinski definition) is 5. The summed E-state index contributed by atoms with van der Waals surface area (Å²) in [6, 6.07) is 0.508. The van der Waals surface area contributed by atoms with Crippen LogP contribution in [0, 0.1) is 0 Å². The van der Waals surface area contributed by atoms with Gasteiger partial charge in [0.2, 0.25) is 5.13 Å². The fraction of sp³-hybridized carbons (Fsp3) is 0.833. The maximum atomic E-state index is 5.44. The summed E-state index contributed by atoms with van der Waals surface area (Å²) in [7, 11) is 1.81. The summed E-state index contributed by atoms with van der Waals surface area (Å²) in [5, 5.41) is 4.51. The predicted octanol–water partition coefficient (Wildman–Crippen LogP) is 2.79. The molecule has 17 heavy (non-hydrogen) atoms. The molecule has 2 aliphatic rings. The van der Waals surface area contributed by atoms with Gasteiger partial charge < -0.3 is 10.1 Å². The van der Waals surface area contributed by atoms with E-state index in [2.05, 4.69) is 14.7 Å². The summed E-state index contributed by atoms with van der Waals surface area (Å²) in [6.07, 6.45) is 7.70. The highest BCUT2D eigenvalue weighted by Gasteiger charge is 2.28. The maximum Gasteiger partial charge on any atom is 0.202 e. The summed E-state index contributed by atoms with van der Waals surface area (Å²) in [5.41, 5.74) is 0. The van der Waals surface area contributed by atoms with Crippen LogP contribution in [0.1, 0.15) is 50.3 Å². The molecule has 1 aromatic heterocycles. The Bertz CT molecular complexity index is 378. The molecule has 94 valence electrons. The first-order valence-electron chi connectivity index (χ1n) is 6.48. The number of anilines is 1. The summed E-state index contributed by atoms with van der Waals surface area (Å²) in [5.74, 6) is 1.71. The third kappa shape index (κ3) is 2.77. The van der Waals surface area contributed by atoms with Gasteiger partial charge in [-0.05, 0) is 38.5 Å². The molecule has 1 N–H and O–H groups in total. The van der Waals surface area contributed by atoms with Crippen LogP contribution in [0.25, 0.3) is 0 Å². The fourth-order valence-electron chi connectivity index (χ4n) is 2.47. The SMILES string of the molecule is COC1CCCC(Nc2nc(C3CC3)ns2)C1. The lowest BCUT2D eigenvalue weighted by atomic mass is 9.93. The van der Waals surface area contributed by atoms with Crippen LogP contribution < -0.4 is 5.32 Å². The van der Waals surface area contributed by atoms with E-state index in [-0.39, 0.29) is 0 Å². The minimum Gasteiger partial charge on any atom is -0.381 e. The second-order valence-corrected chi connectivity index (χ2v) is 5.85. The molecule has 1 heterocycles. The van der Waals surface area contributed by atoms with E-state index in [1.54, 1.807) is 0 Å². The van der Waals surface area contributed by atoms with Crippen molar-refractivity contribution < 1.29 is 4.74 Å². The molecular formula is C12H19N3OS. The van der Waals surface area contributed by atoms with E-state index in [4.69, 9.17) is 4.74 Å². The van der Waals surface area contributed by atoms with Gasteiger partial charge in [-0.1, -0.05) is 0 Å². The first-order chi connectivity index (χ1) is 8.35. The molecule has 2 unspecified atom stereocenters. The Labute approximate surface area is 106 Å². The lowest BCUT2D eigenvalue weighted by Gasteiger charge is -2.28. The topological polar surface area (TPSA) is 47.0 Å². The molecule has 0 amide bonds. The number of nitrogens with zero attached hydrogens (tertiary/aromatic N) is 2. The summed E-state index contributed by atoms with van der Waals surface area (Å²) >= 11 is 1.51. The molecule has 0 bridgehead atoms. The molecule has 0 aromatic carbocycles. The van der Waals surface area contributed by atoms with E-state index in [0.717, 1.165) is 17.4 Å². The highest BCUT2D eigenvalue weighted by Crippen LogP contribution is 2.39. The Morgan fingerprint density at radius 3 is 2.94 bits per heavy atom. The number of hydrogen-bond donors (Lipinski definition) is 1. The number of ether oxygens (including phenoxy) is 1. The van der Waals surface area contributed by atoms with E-state index in [0.29, 0.717) is 18.1 Å². The van der Waals surface area contributed by atoms with Crippen LogP contribution in [-0.4, -0.2) is 28.6 Å². The fourth-order valence-corrected chi connectivity index (χ4v) is 3.19. The first-order valence-corrected chi connectivity index (χ1v) is 7.25. The van der Waals surface area contributed by atoms with E-state index in [9.17, 15) is 0 Å². The van der Waals surface area contributed by atoms with E-state index < -0.39 is 0 Å². The maximum absolute atomic E-state index is 5.44. The Morgan fingerprint density at radius 1 is 1.29 bits per heavy atom. The minimum atomic E-state index is 0.414. The molecule has 2 saturated carbocycles. The smallest absolute Gasteiger partial charge is 0.202 e. The zero-order chi connectivity index (χ0) is 11.7. The van der Waals surface area contributed by atoms with Crippen molar-refractivity contribution in [3.63, 3.8) is 0 Å². The number of methoxy groups -OCH3 is 1. The molecule has 0 aliphatic heterocycles. The van der Waals surface area contributed by atoms with Crippen LogP contribution >= 0.6 is 11.5 Å². The zero-order valence-electron chi connectivity index (χ0n) is 10.2. The quantitative estimate of drug-likeness (QED) is 0.896. The number of nitrogens with one attached hydrogen (secondary N) is 1. The van der Waals surface area contributed by atoms with Crippen LogP contribution in [0.15, 0.2) is 0 Å². The third-order valence-corrected chi connectivity index (χ3v) is 4.33. The normalized spacial score (nSPS) is 29.2. The van der Waals surface area contributed by atoms with E-state index in [1.807, 2.05) is 7.11 Å². The van der Waals surface area contributed by atoms with Gasteiger partial charge >= 0.3 is 0 Å². The van der Waals surface area contributed by atoms with Crippen molar-refractivity contribution in [2.45, 2.75) is 56.6 Å². The Hall–Kier alpha value is -0.680. The van der Waals surface area contributed by atoms with Gasteiger partial charge in [-0.25, -0.2) is 4.98 Å². The van der Waals surface area contributed by atoms with Crippen molar-refractivity contribution in [3.05, 3.63) is 5.82 Å². The van der Waals surface area contributed by atoms with Crippen LogP contribution in [0.2, 0.25) is 0 Å². The minimum absolute atomic E-state index is 0.414. The molecule has 4 nitrogen and oxygen atoms in total. The molecule has 2 atom stereocenters. The monoisotopic (exact) mass is 253 g/mol. The third-order valence-electron chi connectivity index (χ3n) is 3.67. The van der Waals surface area contributed by atoms with Crippen molar-refractivity contribution in [2.24, 2.45) is 0 Å². The van der Waals surface area contributed by atoms with Crippen molar-refractivity contribution in [1.29, 1.82) is 0 Å². The average Bonchev–Trinajstić information content (AvgIpc) is 3.11. The van der Waals surface area contributed by atoms with Gasteiger partial charge in [0.15, 0.2) is 0 Å². The number of aromatic nitrogens is 2. The lowest BCUT2D eigenvalue weighted by molar-refractivity contribution is 0.0669. The average molecular weight is 253 g/mol. The highest BCUT2D eigenvalue weighted by molar-refractivity contribution is 7.09. The summed E-state index contributed by atoms with van der Waals surface area (Å²) < 4.78 is 9.86. The van der Waals surface area contributed by atoms with Crippen molar-refractivity contribution in [3.8, 4) is 0 Å². The van der Waals surface area contributed by atoms with Gasteiger partial charge in [0.05, 0.1) is 6.10 Å². The van der Waals surface area contributed by atoms with Crippen LogP contribution in [0.3, 0.4) is 0 Å². The standard InChI is InChI=1S/C12H19N3OS/c1-16-10-4-2-3-9(7-10)13-12-14-11(15-17-12)8-5-6-8/h8-10H,2-7H2,1H3,(H,13,14,15). The molecule has 3 rings (SSSR count). The molecule has 0 radical (unpaired) electrons. The first kappa shape index (κ1) is 11.4. The van der Waals surface area contributed by atoms with Gasteiger partial charge in [-0.3, -0.25) is 0 Å². The molecule has 5 heteroatoms. The molecule has 2 fully saturated rings. The largest absolute Gasteiger partial charge is 0.381 e. The van der Waals surface area contributed by atoms with Crippen molar-refractivity contribution in [2.75, 3.05) is 12.4 Å². The summed E-state index contributed by atoms with van der Waals surface area (Å²) in [4.78, 5) is 4.57. The van der Waals surface area contributed by atoms with Gasteiger partial charge in [-0.2, -0.15) is 4.37 Å². The summed E-state index contributed by atoms with van der Waals surface area (Å²) in [6.45, 7) is 0. The highest BCUT2D eigenvalue weighted by atomic mass is 32.1. The molecule has 2 aliphatic carbocycles. The van der Waals surface area contributed by atoms with Gasteiger partial charge in [0.1, 0.15) is 5.82 Å². The Balaban J connectivity index is 1.57. The van der Waals surface area contributed by atoms with Gasteiger partial charge in [-0.15, -0.1) is 0 Å². The predicted molar refractivity (Wildman–Crippen MR) is 68.6 cm³/mol.